The summed E-state index contributed by atoms with van der Waals surface area (Å²) in [7, 11) is 0. The summed E-state index contributed by atoms with van der Waals surface area (Å²) in [6.07, 6.45) is 3.30. The monoisotopic (exact) mass is 316 g/mol. The molecule has 0 saturated carbocycles. The lowest BCUT2D eigenvalue weighted by Crippen LogP contribution is -2.32. The summed E-state index contributed by atoms with van der Waals surface area (Å²) in [5.41, 5.74) is 0. The molecule has 1 amide bonds. The number of rotatable bonds is 10. The van der Waals surface area contributed by atoms with Crippen LogP contribution in [0.25, 0.3) is 0 Å². The number of amides is 1. The third-order valence-electron chi connectivity index (χ3n) is 2.77. The molecule has 0 spiro atoms. The van der Waals surface area contributed by atoms with E-state index in [1.807, 2.05) is 30.3 Å². The van der Waals surface area contributed by atoms with Crippen molar-refractivity contribution in [3.8, 4) is 5.75 Å². The first-order chi connectivity index (χ1) is 11.3. The van der Waals surface area contributed by atoms with Crippen molar-refractivity contribution in [3.05, 3.63) is 48.8 Å². The van der Waals surface area contributed by atoms with Crippen molar-refractivity contribution in [2.24, 2.45) is 0 Å². The van der Waals surface area contributed by atoms with Crippen LogP contribution in [-0.2, 0) is 9.53 Å². The van der Waals surface area contributed by atoms with Crippen LogP contribution >= 0.6 is 0 Å². The summed E-state index contributed by atoms with van der Waals surface area (Å²) in [6.45, 7) is 1.80. The van der Waals surface area contributed by atoms with E-state index in [1.165, 1.54) is 0 Å². The highest BCUT2D eigenvalue weighted by molar-refractivity contribution is 5.77. The topological polar surface area (TPSA) is 85.4 Å². The number of benzene rings is 1. The van der Waals surface area contributed by atoms with Crippen molar-refractivity contribution in [2.45, 2.75) is 0 Å². The average Bonchev–Trinajstić information content (AvgIpc) is 2.60. The maximum Gasteiger partial charge on any atom is 0.246 e. The van der Waals surface area contributed by atoms with Gasteiger partial charge < -0.3 is 20.1 Å². The molecule has 1 heterocycles. The summed E-state index contributed by atoms with van der Waals surface area (Å²) in [6, 6.07) is 11.2. The number of aromatic nitrogens is 2. The van der Waals surface area contributed by atoms with Gasteiger partial charge in [0.15, 0.2) is 0 Å². The van der Waals surface area contributed by atoms with E-state index in [1.54, 1.807) is 18.5 Å². The van der Waals surface area contributed by atoms with Crippen molar-refractivity contribution in [1.29, 1.82) is 0 Å². The molecule has 7 nitrogen and oxygen atoms in total. The fourth-order valence-electron chi connectivity index (χ4n) is 1.72. The van der Waals surface area contributed by atoms with Crippen LogP contribution in [0.1, 0.15) is 0 Å². The summed E-state index contributed by atoms with van der Waals surface area (Å²) >= 11 is 0. The Labute approximate surface area is 135 Å². The van der Waals surface area contributed by atoms with Gasteiger partial charge in [-0.15, -0.1) is 0 Å². The Balaban J connectivity index is 1.45. The molecule has 0 fully saturated rings. The van der Waals surface area contributed by atoms with Gasteiger partial charge in [0.25, 0.3) is 0 Å². The van der Waals surface area contributed by atoms with Crippen molar-refractivity contribution in [2.75, 3.05) is 38.2 Å². The van der Waals surface area contributed by atoms with Gasteiger partial charge in [0.2, 0.25) is 11.9 Å². The van der Waals surface area contributed by atoms with E-state index in [4.69, 9.17) is 9.47 Å². The summed E-state index contributed by atoms with van der Waals surface area (Å²) < 4.78 is 10.7. The number of nitrogens with one attached hydrogen (secondary N) is 2. The molecule has 122 valence electrons. The van der Waals surface area contributed by atoms with E-state index < -0.39 is 0 Å². The first kappa shape index (κ1) is 16.7. The van der Waals surface area contributed by atoms with Crippen LogP contribution in [0.3, 0.4) is 0 Å². The smallest absolute Gasteiger partial charge is 0.246 e. The highest BCUT2D eigenvalue weighted by Crippen LogP contribution is 2.07. The van der Waals surface area contributed by atoms with Crippen LogP contribution in [0.2, 0.25) is 0 Å². The molecule has 2 N–H and O–H groups in total. The third kappa shape index (κ3) is 7.23. The second-order valence-electron chi connectivity index (χ2n) is 4.56. The Bertz CT molecular complexity index is 566. The van der Waals surface area contributed by atoms with Gasteiger partial charge in [-0.3, -0.25) is 4.79 Å². The third-order valence-corrected chi connectivity index (χ3v) is 2.77. The lowest BCUT2D eigenvalue weighted by Gasteiger charge is -2.08. The Kier molecular flexibility index (Phi) is 7.35. The first-order valence-electron chi connectivity index (χ1n) is 7.38. The number of hydrogen-bond acceptors (Lipinski definition) is 6. The largest absolute Gasteiger partial charge is 0.491 e. The standard InChI is InChI=1S/C16H20N4O3/c21-15(17-9-10-20-16-18-7-4-8-19-16)13-22-11-12-23-14-5-2-1-3-6-14/h1-8H,9-13H2,(H,17,21)(H,18,19,20). The van der Waals surface area contributed by atoms with Gasteiger partial charge in [-0.2, -0.15) is 0 Å². The van der Waals surface area contributed by atoms with Crippen molar-refractivity contribution < 1.29 is 14.3 Å². The molecule has 23 heavy (non-hydrogen) atoms. The lowest BCUT2D eigenvalue weighted by molar-refractivity contribution is -0.125. The average molecular weight is 316 g/mol. The zero-order valence-electron chi connectivity index (χ0n) is 12.8. The molecular formula is C16H20N4O3. The maximum atomic E-state index is 11.6. The van der Waals surface area contributed by atoms with Crippen LogP contribution in [0.15, 0.2) is 48.8 Å². The molecule has 2 rings (SSSR count). The number of hydrogen-bond donors (Lipinski definition) is 2. The summed E-state index contributed by atoms with van der Waals surface area (Å²) in [5.74, 6) is 1.16. The molecule has 0 bridgehead atoms. The van der Waals surface area contributed by atoms with Gasteiger partial charge >= 0.3 is 0 Å². The molecule has 1 aromatic carbocycles. The highest BCUT2D eigenvalue weighted by Gasteiger charge is 2.01. The van der Waals surface area contributed by atoms with Crippen LogP contribution in [0.4, 0.5) is 5.95 Å². The highest BCUT2D eigenvalue weighted by atomic mass is 16.5. The van der Waals surface area contributed by atoms with Crippen LogP contribution in [0.5, 0.6) is 5.75 Å². The van der Waals surface area contributed by atoms with E-state index in [2.05, 4.69) is 20.6 Å². The molecule has 0 unspecified atom stereocenters. The predicted octanol–water partition coefficient (Wildman–Crippen LogP) is 1.10. The molecule has 2 aromatic rings. The van der Waals surface area contributed by atoms with Gasteiger partial charge in [-0.25, -0.2) is 9.97 Å². The predicted molar refractivity (Wildman–Crippen MR) is 86.3 cm³/mol. The molecular weight excluding hydrogens is 296 g/mol. The van der Waals surface area contributed by atoms with E-state index in [-0.39, 0.29) is 12.5 Å². The molecule has 0 radical (unpaired) electrons. The number of carbonyl (C=O) groups excluding carboxylic acids is 1. The molecule has 7 heteroatoms. The number of carbonyl (C=O) groups is 1. The Morgan fingerprint density at radius 2 is 1.78 bits per heavy atom. The number of para-hydroxylation sites is 1. The van der Waals surface area contributed by atoms with Crippen molar-refractivity contribution >= 4 is 11.9 Å². The Hall–Kier alpha value is -2.67. The second kappa shape index (κ2) is 10.1. The minimum absolute atomic E-state index is 0.0139. The van der Waals surface area contributed by atoms with Gasteiger partial charge in [0, 0.05) is 25.5 Å². The van der Waals surface area contributed by atoms with Gasteiger partial charge in [0.1, 0.15) is 19.0 Å². The van der Waals surface area contributed by atoms with Crippen molar-refractivity contribution in [1.82, 2.24) is 15.3 Å². The number of nitrogens with zero attached hydrogens (tertiary/aromatic N) is 2. The molecule has 0 saturated heterocycles. The molecule has 1 aromatic heterocycles. The number of ether oxygens (including phenoxy) is 2. The molecule has 0 atom stereocenters. The number of anilines is 1. The Morgan fingerprint density at radius 3 is 2.57 bits per heavy atom. The van der Waals surface area contributed by atoms with Crippen LogP contribution in [0, 0.1) is 0 Å². The summed E-state index contributed by atoms with van der Waals surface area (Å²) in [4.78, 5) is 19.6. The minimum Gasteiger partial charge on any atom is -0.491 e. The maximum absolute atomic E-state index is 11.6. The fourth-order valence-corrected chi connectivity index (χ4v) is 1.72. The molecule has 0 aliphatic rings. The zero-order chi connectivity index (χ0) is 16.2. The van der Waals surface area contributed by atoms with Crippen LogP contribution in [-0.4, -0.2) is 48.8 Å². The Morgan fingerprint density at radius 1 is 1.00 bits per heavy atom. The minimum atomic E-state index is -0.166. The van der Waals surface area contributed by atoms with E-state index >= 15 is 0 Å². The zero-order valence-corrected chi connectivity index (χ0v) is 12.8. The quantitative estimate of drug-likeness (QED) is 0.639. The molecule has 0 aliphatic heterocycles. The van der Waals surface area contributed by atoms with E-state index in [0.717, 1.165) is 5.75 Å². The van der Waals surface area contributed by atoms with E-state index in [0.29, 0.717) is 32.3 Å². The molecule has 0 aliphatic carbocycles. The summed E-state index contributed by atoms with van der Waals surface area (Å²) in [5, 5.41) is 5.74. The first-order valence-corrected chi connectivity index (χ1v) is 7.38. The van der Waals surface area contributed by atoms with Gasteiger partial charge in [0.05, 0.1) is 6.61 Å². The van der Waals surface area contributed by atoms with Crippen molar-refractivity contribution in [3.63, 3.8) is 0 Å². The van der Waals surface area contributed by atoms with Crippen LogP contribution < -0.4 is 15.4 Å². The van der Waals surface area contributed by atoms with Gasteiger partial charge in [-0.1, -0.05) is 18.2 Å². The fraction of sp³-hybridized carbons (Fsp3) is 0.312. The second-order valence-corrected chi connectivity index (χ2v) is 4.56. The SMILES string of the molecule is O=C(COCCOc1ccccc1)NCCNc1ncccn1. The lowest BCUT2D eigenvalue weighted by atomic mass is 10.3. The normalized spacial score (nSPS) is 10.1. The van der Waals surface area contributed by atoms with E-state index in [9.17, 15) is 4.79 Å². The van der Waals surface area contributed by atoms with Gasteiger partial charge in [-0.05, 0) is 18.2 Å².